The summed E-state index contributed by atoms with van der Waals surface area (Å²) in [5, 5.41) is 10.5. The maximum atomic E-state index is 15.3. The first kappa shape index (κ1) is 45.1. The van der Waals surface area contributed by atoms with Crippen LogP contribution >= 0.6 is 23.5 Å². The number of thioether (sulfide) groups is 2. The van der Waals surface area contributed by atoms with E-state index in [4.69, 9.17) is 48.9 Å². The lowest BCUT2D eigenvalue weighted by atomic mass is 10.0. The maximum Gasteiger partial charge on any atom is 0.404 e. The number of rotatable bonds is 17. The Kier molecular flexibility index (Phi) is 15.0. The van der Waals surface area contributed by atoms with Crippen LogP contribution in [0.4, 0.5) is 9.59 Å². The van der Waals surface area contributed by atoms with Gasteiger partial charge in [-0.05, 0) is 24.3 Å². The van der Waals surface area contributed by atoms with Crippen molar-refractivity contribution in [1.29, 1.82) is 0 Å². The van der Waals surface area contributed by atoms with Gasteiger partial charge >= 0.3 is 24.1 Å². The molecule has 0 bridgehead atoms. The van der Waals surface area contributed by atoms with E-state index in [2.05, 4.69) is 20.9 Å². The van der Waals surface area contributed by atoms with Gasteiger partial charge in [0, 0.05) is 43.0 Å². The highest BCUT2D eigenvalue weighted by molar-refractivity contribution is 8.00. The molecular weight excluding hydrogens is 853 g/mol. The van der Waals surface area contributed by atoms with Crippen LogP contribution in [0.2, 0.25) is 0 Å². The molecule has 6 amide bonds. The number of fused-ring (bicyclic) bond motifs is 1. The first-order chi connectivity index (χ1) is 29.2. The summed E-state index contributed by atoms with van der Waals surface area (Å²) in [6.07, 6.45) is -1.38. The van der Waals surface area contributed by atoms with E-state index in [-0.39, 0.29) is 45.6 Å². The Morgan fingerprint density at radius 2 is 1.41 bits per heavy atom. The molecule has 326 valence electrons. The molecule has 2 unspecified atom stereocenters. The zero-order valence-corrected chi connectivity index (χ0v) is 34.2. The summed E-state index contributed by atoms with van der Waals surface area (Å²) in [5.41, 5.74) is 8.98. The summed E-state index contributed by atoms with van der Waals surface area (Å²) in [4.78, 5) is 117. The molecular formula is C35H38N8O16S2. The molecule has 1 fully saturated rings. The van der Waals surface area contributed by atoms with E-state index in [0.29, 0.717) is 0 Å². The van der Waals surface area contributed by atoms with E-state index in [0.717, 1.165) is 40.2 Å². The Balaban J connectivity index is 1.57. The van der Waals surface area contributed by atoms with E-state index in [9.17, 15) is 33.6 Å². The van der Waals surface area contributed by atoms with Gasteiger partial charge in [0.1, 0.15) is 55.6 Å². The Labute approximate surface area is 353 Å². The third-order valence-electron chi connectivity index (χ3n) is 8.39. The molecule has 2 aromatic rings. The molecule has 0 aromatic carbocycles. The lowest BCUT2D eigenvalue weighted by Crippen LogP contribution is -2.71. The SMILES string of the molecule is CO/N=C(\C(=O)NCC1SCC(COC(N)=O)=C(C(=O)OC(C)OC(C)=O)N1C(=O)C1=C(COC(N)=O)CS[C@@H]2[C@H](NC(=O)/C(=N\OC)c3ccco3)C(=O)N12)c1ccco1. The Morgan fingerprint density at radius 1 is 0.852 bits per heavy atom. The van der Waals surface area contributed by atoms with Crippen molar-refractivity contribution in [3.63, 3.8) is 0 Å². The normalized spacial score (nSPS) is 19.5. The lowest BCUT2D eigenvalue weighted by molar-refractivity contribution is -0.181. The first-order valence-electron chi connectivity index (χ1n) is 17.6. The second-order valence-electron chi connectivity index (χ2n) is 12.4. The van der Waals surface area contributed by atoms with Crippen LogP contribution in [0.3, 0.4) is 0 Å². The van der Waals surface area contributed by atoms with E-state index in [1.807, 2.05) is 0 Å². The average Bonchev–Trinajstić information content (AvgIpc) is 3.96. The van der Waals surface area contributed by atoms with Gasteiger partial charge in [-0.1, -0.05) is 10.3 Å². The number of hydrogen-bond acceptors (Lipinski definition) is 20. The van der Waals surface area contributed by atoms with Crippen molar-refractivity contribution in [2.24, 2.45) is 21.8 Å². The second kappa shape index (κ2) is 20.3. The van der Waals surface area contributed by atoms with E-state index < -0.39 is 102 Å². The van der Waals surface area contributed by atoms with Gasteiger partial charge in [-0.3, -0.25) is 33.8 Å². The molecule has 26 heteroatoms. The number of carbonyl (C=O) groups excluding carboxylic acids is 8. The van der Waals surface area contributed by atoms with Crippen molar-refractivity contribution in [1.82, 2.24) is 20.4 Å². The molecule has 6 N–H and O–H groups in total. The molecule has 0 radical (unpaired) electrons. The number of nitrogens with two attached hydrogens (primary N) is 2. The summed E-state index contributed by atoms with van der Waals surface area (Å²) in [5.74, 6) is -5.85. The van der Waals surface area contributed by atoms with Gasteiger partial charge in [-0.25, -0.2) is 14.4 Å². The molecule has 24 nitrogen and oxygen atoms in total. The second-order valence-corrected chi connectivity index (χ2v) is 14.7. The number of oxime groups is 2. The van der Waals surface area contributed by atoms with Crippen molar-refractivity contribution in [3.8, 4) is 0 Å². The van der Waals surface area contributed by atoms with Crippen molar-refractivity contribution >= 4 is 82.7 Å². The standard InChI is InChI=1S/C35H38N8O16S2/c1-16(44)58-17(2)59-33(49)27-19(13-57-35(37)51)14-60-22(11-38-28(45)23(40-52-3)20-7-5-9-54-20)42(27)31(48)26-18(12-56-34(36)50)15-61-32-25(30(47)43(26)32)39-29(46)24(41-53-4)21-8-6-10-55-21/h5-10,17,22,25,32H,11-15H2,1-4H3,(H2,36,50)(H2,37,51)(H,38,45)(H,39,46)/b40-23-,41-24-/t17?,22?,25-,32-/m1/s1. The topological polar surface area (TPSA) is 326 Å². The van der Waals surface area contributed by atoms with E-state index in [1.165, 1.54) is 57.9 Å². The van der Waals surface area contributed by atoms with Crippen molar-refractivity contribution in [3.05, 3.63) is 70.9 Å². The van der Waals surface area contributed by atoms with Gasteiger partial charge in [-0.2, -0.15) is 0 Å². The van der Waals surface area contributed by atoms with Crippen LogP contribution in [0.25, 0.3) is 0 Å². The third kappa shape index (κ3) is 10.6. The molecule has 0 aliphatic carbocycles. The minimum atomic E-state index is -1.51. The van der Waals surface area contributed by atoms with Gasteiger partial charge in [0.25, 0.3) is 23.6 Å². The summed E-state index contributed by atoms with van der Waals surface area (Å²) < 4.78 is 31.0. The zero-order valence-electron chi connectivity index (χ0n) is 32.6. The highest BCUT2D eigenvalue weighted by Gasteiger charge is 2.56. The molecule has 61 heavy (non-hydrogen) atoms. The fourth-order valence-corrected chi connectivity index (χ4v) is 8.45. The number of nitrogens with zero attached hydrogens (tertiary/aromatic N) is 4. The first-order valence-corrected chi connectivity index (χ1v) is 19.7. The predicted octanol–water partition coefficient (Wildman–Crippen LogP) is -0.157. The molecule has 1 saturated heterocycles. The number of ether oxygens (including phenoxy) is 4. The number of carbonyl (C=O) groups is 8. The Hall–Kier alpha value is -6.96. The minimum Gasteiger partial charge on any atom is -0.462 e. The Morgan fingerprint density at radius 3 is 1.93 bits per heavy atom. The smallest absolute Gasteiger partial charge is 0.404 e. The van der Waals surface area contributed by atoms with E-state index >= 15 is 4.79 Å². The third-order valence-corrected chi connectivity index (χ3v) is 11.0. The van der Waals surface area contributed by atoms with Gasteiger partial charge in [0.2, 0.25) is 17.7 Å². The Bertz CT molecular complexity index is 2170. The van der Waals surface area contributed by atoms with Crippen molar-refractivity contribution in [2.45, 2.75) is 36.9 Å². The van der Waals surface area contributed by atoms with Crippen molar-refractivity contribution < 1.29 is 75.8 Å². The van der Waals surface area contributed by atoms with Crippen molar-refractivity contribution in [2.75, 3.05) is 45.5 Å². The van der Waals surface area contributed by atoms with Crippen LogP contribution in [0, 0.1) is 0 Å². The molecule has 0 spiro atoms. The molecule has 3 aliphatic rings. The lowest BCUT2D eigenvalue weighted by Gasteiger charge is -2.51. The maximum absolute atomic E-state index is 15.3. The van der Waals surface area contributed by atoms with Crippen LogP contribution in [0.5, 0.6) is 0 Å². The highest BCUT2D eigenvalue weighted by atomic mass is 32.2. The molecule has 5 rings (SSSR count). The van der Waals surface area contributed by atoms with Crippen LogP contribution in [-0.4, -0.2) is 138 Å². The quantitative estimate of drug-likeness (QED) is 0.0400. The molecule has 3 aliphatic heterocycles. The largest absolute Gasteiger partial charge is 0.462 e. The summed E-state index contributed by atoms with van der Waals surface area (Å²) in [6, 6.07) is 4.63. The molecule has 4 atom stereocenters. The van der Waals surface area contributed by atoms with Crippen LogP contribution in [0.1, 0.15) is 25.4 Å². The summed E-state index contributed by atoms with van der Waals surface area (Å²) >= 11 is 2.07. The van der Waals surface area contributed by atoms with Gasteiger partial charge in [-0.15, -0.1) is 23.5 Å². The fraction of sp³-hybridized carbons (Fsp3) is 0.371. The number of esters is 2. The number of primary amides is 2. The minimum absolute atomic E-state index is 0.0239. The van der Waals surface area contributed by atoms with Crippen LogP contribution in [-0.2, 0) is 57.4 Å². The number of hydrogen-bond donors (Lipinski definition) is 4. The van der Waals surface area contributed by atoms with Gasteiger partial charge < -0.3 is 59.6 Å². The number of nitrogens with one attached hydrogen (secondary N) is 2. The van der Waals surface area contributed by atoms with Gasteiger partial charge in [0.15, 0.2) is 11.5 Å². The number of amides is 6. The average molecular weight is 891 g/mol. The molecule has 2 aromatic heterocycles. The number of furan rings is 2. The van der Waals surface area contributed by atoms with E-state index in [1.54, 1.807) is 0 Å². The van der Waals surface area contributed by atoms with Crippen LogP contribution in [0.15, 0.2) is 78.5 Å². The zero-order chi connectivity index (χ0) is 44.4. The fourth-order valence-electron chi connectivity index (χ4n) is 5.96. The molecule has 5 heterocycles. The number of β-lactam (4-membered cyclic amide) rings is 1. The van der Waals surface area contributed by atoms with Gasteiger partial charge in [0.05, 0.1) is 12.5 Å². The summed E-state index contributed by atoms with van der Waals surface area (Å²) in [6.45, 7) is 0.602. The van der Waals surface area contributed by atoms with Crippen LogP contribution < -0.4 is 22.1 Å². The monoisotopic (exact) mass is 890 g/mol. The molecule has 0 saturated carbocycles. The predicted molar refractivity (Wildman–Crippen MR) is 208 cm³/mol. The summed E-state index contributed by atoms with van der Waals surface area (Å²) in [7, 11) is 2.40. The highest BCUT2D eigenvalue weighted by Crippen LogP contribution is 2.43.